The molecule has 0 fully saturated rings. The first-order valence-electron chi connectivity index (χ1n) is 18.6. The number of aromatic nitrogens is 1. The van der Waals surface area contributed by atoms with Crippen LogP contribution in [0.15, 0.2) is 140 Å². The molecule has 0 spiro atoms. The summed E-state index contributed by atoms with van der Waals surface area (Å²) in [6.45, 7) is 9.13. The van der Waals surface area contributed by atoms with Crippen LogP contribution in [0, 0.1) is 0 Å². The van der Waals surface area contributed by atoms with Crippen molar-refractivity contribution in [2.24, 2.45) is 0 Å². The van der Waals surface area contributed by atoms with Gasteiger partial charge in [0.1, 0.15) is 0 Å². The van der Waals surface area contributed by atoms with Crippen LogP contribution in [0.25, 0.3) is 87.5 Å². The fraction of sp³-hybridized carbons (Fsp3) is 0.160. The van der Waals surface area contributed by atoms with Gasteiger partial charge in [-0.2, -0.15) is 0 Å². The highest BCUT2D eigenvalue weighted by molar-refractivity contribution is 6.27. The van der Waals surface area contributed by atoms with E-state index < -0.39 is 0 Å². The van der Waals surface area contributed by atoms with E-state index in [-0.39, 0.29) is 0 Å². The summed E-state index contributed by atoms with van der Waals surface area (Å²) in [6, 6.07) is 46.8. The number of nitrogens with zero attached hydrogens (tertiary/aromatic N) is 1. The Kier molecular flexibility index (Phi) is 6.77. The van der Waals surface area contributed by atoms with Crippen molar-refractivity contribution in [1.82, 2.24) is 4.40 Å². The van der Waals surface area contributed by atoms with Crippen molar-refractivity contribution in [1.29, 1.82) is 0 Å². The van der Waals surface area contributed by atoms with E-state index in [1.165, 1.54) is 104 Å². The van der Waals surface area contributed by atoms with E-state index in [1.54, 1.807) is 0 Å². The molecule has 246 valence electrons. The third kappa shape index (κ3) is 4.83. The standard InChI is InChI=1S/C50H41N/c1-30(2)34-15-17-36-28-48-44(24-41(36)19-34)46-26-43(40-22-38(32-11-7-5-8-12-32)21-39(23-40)33-13-9-6-10-14-33)27-47-45-25-42-20-35(31(3)4)16-18-37(42)29-49(45)51(48)50(46)47/h5,7-9,11-31H,6,10H2,1-4H3. The average Bonchev–Trinajstić information content (AvgIpc) is 3.66. The predicted octanol–water partition coefficient (Wildman–Crippen LogP) is 14.5. The fourth-order valence-corrected chi connectivity index (χ4v) is 8.54. The number of fused-ring (bicyclic) bond motifs is 8. The maximum Gasteiger partial charge on any atom is 0.0620 e. The molecule has 0 N–H and O–H groups in total. The molecule has 2 heterocycles. The van der Waals surface area contributed by atoms with Crippen LogP contribution < -0.4 is 0 Å². The Bertz CT molecular complexity index is 2760. The molecule has 0 aliphatic heterocycles. The molecule has 2 aromatic heterocycles. The molecule has 0 amide bonds. The Labute approximate surface area is 299 Å². The van der Waals surface area contributed by atoms with E-state index in [9.17, 15) is 0 Å². The zero-order valence-electron chi connectivity index (χ0n) is 29.8. The van der Waals surface area contributed by atoms with Crippen molar-refractivity contribution < 1.29 is 0 Å². The van der Waals surface area contributed by atoms with Gasteiger partial charge in [0.15, 0.2) is 0 Å². The van der Waals surface area contributed by atoms with Crippen molar-refractivity contribution in [3.05, 3.63) is 156 Å². The van der Waals surface area contributed by atoms with Gasteiger partial charge in [-0.3, -0.25) is 0 Å². The SMILES string of the molecule is CC(C)c1ccc2cc3c(cc2c1)c1cc(-c2cc(C4=CCCC=C4)cc(-c4ccccc4)c2)cc2c4cc5cc(C(C)C)ccc5cc4n3c12. The quantitative estimate of drug-likeness (QED) is 0.174. The molecule has 7 aromatic carbocycles. The number of rotatable bonds is 5. The minimum atomic E-state index is 0.486. The van der Waals surface area contributed by atoms with E-state index in [0.717, 1.165) is 12.8 Å². The molecule has 1 heteroatoms. The van der Waals surface area contributed by atoms with Crippen molar-refractivity contribution in [3.63, 3.8) is 0 Å². The molecule has 0 saturated carbocycles. The molecule has 1 aliphatic carbocycles. The monoisotopic (exact) mass is 655 g/mol. The normalized spacial score (nSPS) is 13.7. The van der Waals surface area contributed by atoms with Gasteiger partial charge in [0.25, 0.3) is 0 Å². The largest absolute Gasteiger partial charge is 0.308 e. The van der Waals surface area contributed by atoms with Crippen molar-refractivity contribution in [3.8, 4) is 22.3 Å². The lowest BCUT2D eigenvalue weighted by atomic mass is 9.90. The van der Waals surface area contributed by atoms with Crippen LogP contribution in [0.3, 0.4) is 0 Å². The number of allylic oxidation sites excluding steroid dienone is 4. The number of hydrogen-bond donors (Lipinski definition) is 0. The van der Waals surface area contributed by atoms with Gasteiger partial charge in [-0.15, -0.1) is 0 Å². The highest BCUT2D eigenvalue weighted by Crippen LogP contribution is 2.45. The van der Waals surface area contributed by atoms with Crippen molar-refractivity contribution in [2.75, 3.05) is 0 Å². The lowest BCUT2D eigenvalue weighted by Crippen LogP contribution is -1.90. The summed E-state index contributed by atoms with van der Waals surface area (Å²) >= 11 is 0. The summed E-state index contributed by atoms with van der Waals surface area (Å²) in [5.41, 5.74) is 14.2. The Morgan fingerprint density at radius 2 is 1.00 bits per heavy atom. The summed E-state index contributed by atoms with van der Waals surface area (Å²) in [5.74, 6) is 0.972. The Morgan fingerprint density at radius 3 is 1.55 bits per heavy atom. The lowest BCUT2D eigenvalue weighted by Gasteiger charge is -2.14. The van der Waals surface area contributed by atoms with Gasteiger partial charge in [0.05, 0.1) is 16.6 Å². The summed E-state index contributed by atoms with van der Waals surface area (Å²) in [4.78, 5) is 0. The molecular formula is C50H41N. The molecule has 9 aromatic rings. The van der Waals surface area contributed by atoms with E-state index in [1.807, 2.05) is 0 Å². The first-order valence-corrected chi connectivity index (χ1v) is 18.6. The van der Waals surface area contributed by atoms with Crippen LogP contribution in [-0.4, -0.2) is 4.40 Å². The van der Waals surface area contributed by atoms with Gasteiger partial charge in [-0.25, -0.2) is 0 Å². The summed E-state index contributed by atoms with van der Waals surface area (Å²) in [5, 5.41) is 10.5. The van der Waals surface area contributed by atoms with E-state index in [4.69, 9.17) is 0 Å². The summed E-state index contributed by atoms with van der Waals surface area (Å²) in [7, 11) is 0. The molecule has 10 rings (SSSR count). The first-order chi connectivity index (χ1) is 24.9. The van der Waals surface area contributed by atoms with Crippen LogP contribution in [0.2, 0.25) is 0 Å². The first kappa shape index (κ1) is 30.2. The Hall–Kier alpha value is -5.66. The Balaban J connectivity index is 1.32. The highest BCUT2D eigenvalue weighted by Gasteiger charge is 2.21. The highest BCUT2D eigenvalue weighted by atomic mass is 14.9. The van der Waals surface area contributed by atoms with Gasteiger partial charge < -0.3 is 4.40 Å². The fourth-order valence-electron chi connectivity index (χ4n) is 8.54. The zero-order chi connectivity index (χ0) is 34.4. The lowest BCUT2D eigenvalue weighted by molar-refractivity contribution is 0.869. The van der Waals surface area contributed by atoms with E-state index in [2.05, 4.69) is 172 Å². The number of benzene rings is 7. The van der Waals surface area contributed by atoms with Crippen molar-refractivity contribution in [2.45, 2.75) is 52.4 Å². The van der Waals surface area contributed by atoms with Gasteiger partial charge >= 0.3 is 0 Å². The van der Waals surface area contributed by atoms with Gasteiger partial charge in [0.2, 0.25) is 0 Å². The van der Waals surface area contributed by atoms with Crippen LogP contribution in [0.1, 0.15) is 69.1 Å². The molecule has 0 bridgehead atoms. The van der Waals surface area contributed by atoms with E-state index in [0.29, 0.717) is 11.8 Å². The maximum atomic E-state index is 2.55. The van der Waals surface area contributed by atoms with Crippen LogP contribution >= 0.6 is 0 Å². The van der Waals surface area contributed by atoms with Crippen LogP contribution in [0.4, 0.5) is 0 Å². The predicted molar refractivity (Wildman–Crippen MR) is 222 cm³/mol. The summed E-state index contributed by atoms with van der Waals surface area (Å²) < 4.78 is 2.55. The minimum absolute atomic E-state index is 0.486. The van der Waals surface area contributed by atoms with E-state index >= 15 is 0 Å². The second-order valence-electron chi connectivity index (χ2n) is 15.3. The molecule has 0 atom stereocenters. The molecule has 0 saturated heterocycles. The third-order valence-corrected chi connectivity index (χ3v) is 11.4. The maximum absolute atomic E-state index is 2.55. The van der Waals surface area contributed by atoms with Crippen molar-refractivity contribution >= 4 is 65.2 Å². The molecule has 1 aliphatic rings. The smallest absolute Gasteiger partial charge is 0.0620 e. The molecule has 1 nitrogen and oxygen atoms in total. The number of hydrogen-bond acceptors (Lipinski definition) is 0. The second-order valence-corrected chi connectivity index (χ2v) is 15.3. The van der Waals surface area contributed by atoms with Crippen LogP contribution in [0.5, 0.6) is 0 Å². The Morgan fingerprint density at radius 1 is 0.451 bits per heavy atom. The third-order valence-electron chi connectivity index (χ3n) is 11.4. The average molecular weight is 656 g/mol. The second kappa shape index (κ2) is 11.4. The zero-order valence-corrected chi connectivity index (χ0v) is 29.8. The van der Waals surface area contributed by atoms with Gasteiger partial charge in [-0.1, -0.05) is 113 Å². The minimum Gasteiger partial charge on any atom is -0.308 e. The van der Waals surface area contributed by atoms with Gasteiger partial charge in [-0.05, 0) is 145 Å². The molecule has 0 radical (unpaired) electrons. The summed E-state index contributed by atoms with van der Waals surface area (Å²) in [6.07, 6.45) is 9.21. The molecule has 0 unspecified atom stereocenters. The van der Waals surface area contributed by atoms with Gasteiger partial charge in [0, 0.05) is 21.5 Å². The molecule has 51 heavy (non-hydrogen) atoms. The molecular weight excluding hydrogens is 615 g/mol. The topological polar surface area (TPSA) is 4.41 Å². The van der Waals surface area contributed by atoms with Crippen LogP contribution in [-0.2, 0) is 0 Å².